The Labute approximate surface area is 79.3 Å². The highest BCUT2D eigenvalue weighted by atomic mass is 16.5. The van der Waals surface area contributed by atoms with Crippen LogP contribution in [0.3, 0.4) is 0 Å². The highest BCUT2D eigenvalue weighted by Crippen LogP contribution is 2.11. The first-order chi connectivity index (χ1) is 6.36. The topological polar surface area (TPSA) is 21.6 Å². The number of ether oxygens (including phenoxy) is 1. The van der Waals surface area contributed by atoms with Crippen molar-refractivity contribution in [3.05, 3.63) is 30.3 Å². The fourth-order valence-corrected chi connectivity index (χ4v) is 1.06. The third-order valence-electron chi connectivity index (χ3n) is 1.71. The summed E-state index contributed by atoms with van der Waals surface area (Å²) in [7, 11) is 1.66. The van der Waals surface area contributed by atoms with Crippen LogP contribution in [0.25, 0.3) is 0 Å². The number of hydrogen-bond acceptors (Lipinski definition) is 2. The molecule has 0 radical (unpaired) electrons. The van der Waals surface area contributed by atoms with Gasteiger partial charge in [-0.2, -0.15) is 0 Å². The SMILES string of the molecule is CCC/C(=N/c1ccccc1)OC. The number of benzene rings is 1. The van der Waals surface area contributed by atoms with E-state index in [2.05, 4.69) is 11.9 Å². The maximum Gasteiger partial charge on any atom is 0.188 e. The van der Waals surface area contributed by atoms with E-state index < -0.39 is 0 Å². The minimum atomic E-state index is 0.800. The summed E-state index contributed by atoms with van der Waals surface area (Å²) in [5, 5.41) is 0. The van der Waals surface area contributed by atoms with E-state index in [4.69, 9.17) is 4.74 Å². The molecule has 0 unspecified atom stereocenters. The van der Waals surface area contributed by atoms with Crippen LogP contribution >= 0.6 is 0 Å². The zero-order chi connectivity index (χ0) is 9.52. The molecule has 1 aromatic carbocycles. The highest BCUT2D eigenvalue weighted by molar-refractivity contribution is 5.78. The van der Waals surface area contributed by atoms with E-state index in [0.717, 1.165) is 24.4 Å². The predicted octanol–water partition coefficient (Wildman–Crippen LogP) is 3.16. The molecule has 0 N–H and O–H groups in total. The van der Waals surface area contributed by atoms with Gasteiger partial charge >= 0.3 is 0 Å². The molecular formula is C11H15NO. The van der Waals surface area contributed by atoms with Gasteiger partial charge in [0.15, 0.2) is 5.90 Å². The molecule has 0 saturated carbocycles. The predicted molar refractivity (Wildman–Crippen MR) is 55.5 cm³/mol. The summed E-state index contributed by atoms with van der Waals surface area (Å²) in [6, 6.07) is 9.85. The van der Waals surface area contributed by atoms with Crippen molar-refractivity contribution in [3.63, 3.8) is 0 Å². The van der Waals surface area contributed by atoms with Crippen molar-refractivity contribution in [1.82, 2.24) is 0 Å². The van der Waals surface area contributed by atoms with Crippen molar-refractivity contribution in [1.29, 1.82) is 0 Å². The van der Waals surface area contributed by atoms with Crippen LogP contribution < -0.4 is 0 Å². The van der Waals surface area contributed by atoms with Crippen molar-refractivity contribution in [2.24, 2.45) is 4.99 Å². The third-order valence-corrected chi connectivity index (χ3v) is 1.71. The van der Waals surface area contributed by atoms with Crippen LogP contribution in [0.2, 0.25) is 0 Å². The van der Waals surface area contributed by atoms with Crippen LogP contribution in [0.5, 0.6) is 0 Å². The molecule has 2 nitrogen and oxygen atoms in total. The number of rotatable bonds is 3. The molecule has 0 bridgehead atoms. The fourth-order valence-electron chi connectivity index (χ4n) is 1.06. The van der Waals surface area contributed by atoms with Crippen molar-refractivity contribution in [2.75, 3.05) is 7.11 Å². The molecule has 1 rings (SSSR count). The van der Waals surface area contributed by atoms with Gasteiger partial charge in [0.25, 0.3) is 0 Å². The zero-order valence-corrected chi connectivity index (χ0v) is 8.16. The standard InChI is InChI=1S/C11H15NO/c1-3-7-11(13-2)12-10-8-5-4-6-9-10/h4-6,8-9H,3,7H2,1-2H3/b12-11-. The van der Waals surface area contributed by atoms with Gasteiger partial charge < -0.3 is 4.74 Å². The molecule has 0 saturated heterocycles. The van der Waals surface area contributed by atoms with Gasteiger partial charge in [0.1, 0.15) is 0 Å². The van der Waals surface area contributed by atoms with E-state index in [-0.39, 0.29) is 0 Å². The summed E-state index contributed by atoms with van der Waals surface area (Å²) < 4.78 is 5.14. The summed E-state index contributed by atoms with van der Waals surface area (Å²) in [5.41, 5.74) is 0.952. The number of para-hydroxylation sites is 1. The van der Waals surface area contributed by atoms with E-state index in [1.54, 1.807) is 7.11 Å². The Bertz CT molecular complexity index is 267. The first-order valence-electron chi connectivity index (χ1n) is 4.53. The second-order valence-corrected chi connectivity index (χ2v) is 2.80. The molecule has 0 amide bonds. The van der Waals surface area contributed by atoms with Crippen molar-refractivity contribution < 1.29 is 4.74 Å². The number of hydrogen-bond donors (Lipinski definition) is 0. The molecule has 0 fully saturated rings. The summed E-state index contributed by atoms with van der Waals surface area (Å²) in [6.07, 6.45) is 1.95. The number of methoxy groups -OCH3 is 1. The molecule has 0 heterocycles. The van der Waals surface area contributed by atoms with Crippen molar-refractivity contribution in [3.8, 4) is 0 Å². The van der Waals surface area contributed by atoms with Crippen LogP contribution in [-0.4, -0.2) is 13.0 Å². The van der Waals surface area contributed by atoms with E-state index in [0.29, 0.717) is 0 Å². The van der Waals surface area contributed by atoms with Crippen LogP contribution in [0.4, 0.5) is 5.69 Å². The number of nitrogens with zero attached hydrogens (tertiary/aromatic N) is 1. The maximum atomic E-state index is 5.14. The van der Waals surface area contributed by atoms with Crippen molar-refractivity contribution >= 4 is 11.6 Å². The Kier molecular flexibility index (Phi) is 4.03. The second-order valence-electron chi connectivity index (χ2n) is 2.80. The Hall–Kier alpha value is -1.31. The lowest BCUT2D eigenvalue weighted by Gasteiger charge is -2.02. The molecule has 0 aromatic heterocycles. The molecule has 70 valence electrons. The Balaban J connectivity index is 2.73. The summed E-state index contributed by atoms with van der Waals surface area (Å²) in [4.78, 5) is 4.36. The Morgan fingerprint density at radius 2 is 2.00 bits per heavy atom. The molecule has 0 aliphatic carbocycles. The summed E-state index contributed by atoms with van der Waals surface area (Å²) in [5.74, 6) is 0.800. The van der Waals surface area contributed by atoms with Crippen LogP contribution in [0, 0.1) is 0 Å². The fraction of sp³-hybridized carbons (Fsp3) is 0.364. The average molecular weight is 177 g/mol. The smallest absolute Gasteiger partial charge is 0.188 e. The monoisotopic (exact) mass is 177 g/mol. The molecular weight excluding hydrogens is 162 g/mol. The van der Waals surface area contributed by atoms with Gasteiger partial charge in [-0.1, -0.05) is 25.1 Å². The first-order valence-corrected chi connectivity index (χ1v) is 4.53. The van der Waals surface area contributed by atoms with Crippen LogP contribution in [0.1, 0.15) is 19.8 Å². The second kappa shape index (κ2) is 5.36. The van der Waals surface area contributed by atoms with E-state index >= 15 is 0 Å². The Morgan fingerprint density at radius 3 is 2.54 bits per heavy atom. The highest BCUT2D eigenvalue weighted by Gasteiger charge is 1.95. The minimum absolute atomic E-state index is 0.800. The molecule has 2 heteroatoms. The zero-order valence-electron chi connectivity index (χ0n) is 8.16. The van der Waals surface area contributed by atoms with Crippen LogP contribution in [0.15, 0.2) is 35.3 Å². The normalized spacial score (nSPS) is 11.4. The molecule has 0 spiro atoms. The Morgan fingerprint density at radius 1 is 1.31 bits per heavy atom. The van der Waals surface area contributed by atoms with E-state index in [9.17, 15) is 0 Å². The van der Waals surface area contributed by atoms with Gasteiger partial charge in [-0.15, -0.1) is 0 Å². The van der Waals surface area contributed by atoms with Gasteiger partial charge in [-0.25, -0.2) is 4.99 Å². The number of aliphatic imine (C=N–C) groups is 1. The molecule has 13 heavy (non-hydrogen) atoms. The van der Waals surface area contributed by atoms with Gasteiger partial charge in [0.2, 0.25) is 0 Å². The van der Waals surface area contributed by atoms with Gasteiger partial charge in [0, 0.05) is 6.42 Å². The molecule has 0 atom stereocenters. The molecule has 0 aliphatic rings. The van der Waals surface area contributed by atoms with Crippen molar-refractivity contribution in [2.45, 2.75) is 19.8 Å². The lowest BCUT2D eigenvalue weighted by Crippen LogP contribution is -1.99. The van der Waals surface area contributed by atoms with Gasteiger partial charge in [-0.3, -0.25) is 0 Å². The lowest BCUT2D eigenvalue weighted by atomic mass is 10.3. The molecule has 1 aromatic rings. The first kappa shape index (κ1) is 9.78. The third kappa shape index (κ3) is 3.28. The van der Waals surface area contributed by atoms with E-state index in [1.807, 2.05) is 30.3 Å². The van der Waals surface area contributed by atoms with Gasteiger partial charge in [-0.05, 0) is 18.6 Å². The largest absolute Gasteiger partial charge is 0.484 e. The quantitative estimate of drug-likeness (QED) is 0.513. The summed E-state index contributed by atoms with van der Waals surface area (Å²) >= 11 is 0. The van der Waals surface area contributed by atoms with Crippen LogP contribution in [-0.2, 0) is 4.74 Å². The summed E-state index contributed by atoms with van der Waals surface area (Å²) in [6.45, 7) is 2.11. The van der Waals surface area contributed by atoms with Gasteiger partial charge in [0.05, 0.1) is 12.8 Å². The van der Waals surface area contributed by atoms with E-state index in [1.165, 1.54) is 0 Å². The minimum Gasteiger partial charge on any atom is -0.484 e. The average Bonchev–Trinajstić information content (AvgIpc) is 2.19. The molecule has 0 aliphatic heterocycles. The lowest BCUT2D eigenvalue weighted by molar-refractivity contribution is 0.389. The maximum absolute atomic E-state index is 5.14.